The molecule has 0 bridgehead atoms. The van der Waals surface area contributed by atoms with Crippen molar-refractivity contribution in [1.29, 1.82) is 0 Å². The highest BCUT2D eigenvalue weighted by atomic mass is 32.2. The van der Waals surface area contributed by atoms with Crippen molar-refractivity contribution in [3.8, 4) is 22.8 Å². The predicted octanol–water partition coefficient (Wildman–Crippen LogP) is 5.12. The number of aromatic nitrogens is 1. The van der Waals surface area contributed by atoms with Crippen LogP contribution in [0.2, 0.25) is 0 Å². The van der Waals surface area contributed by atoms with Gasteiger partial charge in [0.05, 0.1) is 11.1 Å². The molecule has 0 aliphatic rings. The second-order valence-corrected chi connectivity index (χ2v) is 8.08. The monoisotopic (exact) mass is 390 g/mol. The Balaban J connectivity index is 1.56. The molecule has 4 rings (SSSR count). The Morgan fingerprint density at radius 1 is 0.857 bits per heavy atom. The van der Waals surface area contributed by atoms with Crippen LogP contribution < -0.4 is 4.72 Å². The number of nitrogens with one attached hydrogen (secondary N) is 1. The van der Waals surface area contributed by atoms with Crippen LogP contribution in [-0.2, 0) is 10.0 Å². The molecule has 3 aromatic carbocycles. The Labute approximate surface area is 163 Å². The van der Waals surface area contributed by atoms with E-state index >= 15 is 0 Å². The largest absolute Gasteiger partial charge is 0.436 e. The summed E-state index contributed by atoms with van der Waals surface area (Å²) >= 11 is 0. The molecule has 140 valence electrons. The van der Waals surface area contributed by atoms with Gasteiger partial charge in [0, 0.05) is 16.8 Å². The Morgan fingerprint density at radius 2 is 1.61 bits per heavy atom. The van der Waals surface area contributed by atoms with Crippen molar-refractivity contribution < 1.29 is 12.8 Å². The van der Waals surface area contributed by atoms with Gasteiger partial charge in [-0.2, -0.15) is 0 Å². The molecule has 0 aliphatic carbocycles. The molecule has 6 heteroatoms. The summed E-state index contributed by atoms with van der Waals surface area (Å²) in [5.74, 6) is 1.10. The summed E-state index contributed by atoms with van der Waals surface area (Å²) in [4.78, 5) is 4.47. The number of hydrogen-bond acceptors (Lipinski definition) is 4. The van der Waals surface area contributed by atoms with Gasteiger partial charge in [-0.1, -0.05) is 42.5 Å². The molecular formula is C22H18N2O3S. The predicted molar refractivity (Wildman–Crippen MR) is 109 cm³/mol. The first-order chi connectivity index (χ1) is 13.5. The van der Waals surface area contributed by atoms with Gasteiger partial charge in [-0.25, -0.2) is 13.4 Å². The lowest BCUT2D eigenvalue weighted by Gasteiger charge is -2.09. The highest BCUT2D eigenvalue weighted by molar-refractivity contribution is 7.92. The Kier molecular flexibility index (Phi) is 4.71. The lowest BCUT2D eigenvalue weighted by Crippen LogP contribution is -2.12. The van der Waals surface area contributed by atoms with Gasteiger partial charge in [-0.3, -0.25) is 4.72 Å². The summed E-state index contributed by atoms with van der Waals surface area (Å²) in [7, 11) is -3.67. The molecule has 5 nitrogen and oxygen atoms in total. The topological polar surface area (TPSA) is 72.2 Å². The van der Waals surface area contributed by atoms with Crippen LogP contribution in [0.3, 0.4) is 0 Å². The Bertz CT molecular complexity index is 1200. The molecule has 4 aromatic rings. The van der Waals surface area contributed by atoms with Crippen LogP contribution in [0, 0.1) is 6.92 Å². The fourth-order valence-electron chi connectivity index (χ4n) is 2.84. The van der Waals surface area contributed by atoms with E-state index in [0.29, 0.717) is 22.9 Å². The van der Waals surface area contributed by atoms with E-state index in [1.807, 2.05) is 49.4 Å². The minimum absolute atomic E-state index is 0.174. The van der Waals surface area contributed by atoms with Crippen molar-refractivity contribution in [2.75, 3.05) is 4.72 Å². The van der Waals surface area contributed by atoms with E-state index in [9.17, 15) is 8.42 Å². The quantitative estimate of drug-likeness (QED) is 0.513. The molecule has 1 aromatic heterocycles. The number of aryl methyl sites for hydroxylation is 1. The fraction of sp³-hybridized carbons (Fsp3) is 0.0455. The van der Waals surface area contributed by atoms with Crippen LogP contribution in [0.4, 0.5) is 5.69 Å². The summed E-state index contributed by atoms with van der Waals surface area (Å²) in [5, 5.41) is 0. The lowest BCUT2D eigenvalue weighted by molar-refractivity contribution is 0.588. The second kappa shape index (κ2) is 7.32. The number of nitrogens with zero attached hydrogens (tertiary/aromatic N) is 1. The first-order valence-electron chi connectivity index (χ1n) is 8.72. The van der Waals surface area contributed by atoms with Crippen molar-refractivity contribution in [2.45, 2.75) is 11.8 Å². The summed E-state index contributed by atoms with van der Waals surface area (Å²) in [6.45, 7) is 1.91. The molecule has 0 unspecified atom stereocenters. The third kappa shape index (κ3) is 3.82. The van der Waals surface area contributed by atoms with Crippen molar-refractivity contribution in [3.05, 3.63) is 90.6 Å². The molecule has 1 heterocycles. The molecule has 0 fully saturated rings. The van der Waals surface area contributed by atoms with Crippen molar-refractivity contribution in [2.24, 2.45) is 0 Å². The molecule has 0 spiro atoms. The molecule has 0 saturated carbocycles. The summed E-state index contributed by atoms with van der Waals surface area (Å²) < 4.78 is 33.6. The van der Waals surface area contributed by atoms with Gasteiger partial charge in [0.15, 0.2) is 5.76 Å². The van der Waals surface area contributed by atoms with Crippen molar-refractivity contribution >= 4 is 15.7 Å². The molecule has 28 heavy (non-hydrogen) atoms. The Morgan fingerprint density at radius 3 is 2.32 bits per heavy atom. The van der Waals surface area contributed by atoms with E-state index in [1.165, 1.54) is 0 Å². The van der Waals surface area contributed by atoms with Crippen molar-refractivity contribution in [3.63, 3.8) is 0 Å². The molecular weight excluding hydrogens is 372 g/mol. The maximum absolute atomic E-state index is 12.6. The van der Waals surface area contributed by atoms with E-state index in [1.54, 1.807) is 42.6 Å². The van der Waals surface area contributed by atoms with Gasteiger partial charge in [-0.05, 0) is 48.9 Å². The smallest absolute Gasteiger partial charge is 0.261 e. The highest BCUT2D eigenvalue weighted by Crippen LogP contribution is 2.27. The van der Waals surface area contributed by atoms with Gasteiger partial charge in [0.2, 0.25) is 5.89 Å². The van der Waals surface area contributed by atoms with Gasteiger partial charge in [-0.15, -0.1) is 0 Å². The maximum Gasteiger partial charge on any atom is 0.261 e. The Hall–Kier alpha value is -3.38. The number of rotatable bonds is 5. The SMILES string of the molecule is Cc1cccc(NS(=O)(=O)c2ccc(-c3ncc(-c4ccccc4)o3)cc2)c1. The highest BCUT2D eigenvalue weighted by Gasteiger charge is 2.15. The molecule has 0 radical (unpaired) electrons. The zero-order valence-electron chi connectivity index (χ0n) is 15.2. The van der Waals surface area contributed by atoms with Crippen LogP contribution >= 0.6 is 0 Å². The van der Waals surface area contributed by atoms with Gasteiger partial charge >= 0.3 is 0 Å². The fourth-order valence-corrected chi connectivity index (χ4v) is 3.89. The third-order valence-electron chi connectivity index (χ3n) is 4.25. The first-order valence-corrected chi connectivity index (χ1v) is 10.2. The first kappa shape index (κ1) is 18.0. The zero-order valence-corrected chi connectivity index (χ0v) is 16.0. The van der Waals surface area contributed by atoms with Crippen LogP contribution in [-0.4, -0.2) is 13.4 Å². The van der Waals surface area contributed by atoms with Gasteiger partial charge < -0.3 is 4.42 Å². The van der Waals surface area contributed by atoms with E-state index in [4.69, 9.17) is 4.42 Å². The van der Waals surface area contributed by atoms with Crippen LogP contribution in [0.1, 0.15) is 5.56 Å². The number of hydrogen-bond donors (Lipinski definition) is 1. The summed E-state index contributed by atoms with van der Waals surface area (Å²) in [6.07, 6.45) is 1.66. The van der Waals surface area contributed by atoms with Gasteiger partial charge in [0.1, 0.15) is 0 Å². The van der Waals surface area contributed by atoms with Gasteiger partial charge in [0.25, 0.3) is 10.0 Å². The molecule has 0 saturated heterocycles. The van der Waals surface area contributed by atoms with Crippen LogP contribution in [0.5, 0.6) is 0 Å². The molecule has 0 amide bonds. The molecule has 1 N–H and O–H groups in total. The number of sulfonamides is 1. The van der Waals surface area contributed by atoms with E-state index in [2.05, 4.69) is 9.71 Å². The zero-order chi connectivity index (χ0) is 19.6. The van der Waals surface area contributed by atoms with E-state index < -0.39 is 10.0 Å². The summed E-state index contributed by atoms with van der Waals surface area (Å²) in [6, 6.07) is 23.3. The number of benzene rings is 3. The maximum atomic E-state index is 12.6. The number of anilines is 1. The standard InChI is InChI=1S/C22H18N2O3S/c1-16-6-5-9-19(14-16)24-28(25,26)20-12-10-18(11-13-20)22-23-15-21(27-22)17-7-3-2-4-8-17/h2-15,24H,1H3. The number of oxazole rings is 1. The second-order valence-electron chi connectivity index (χ2n) is 6.40. The third-order valence-corrected chi connectivity index (χ3v) is 5.64. The van der Waals surface area contributed by atoms with Crippen molar-refractivity contribution in [1.82, 2.24) is 4.98 Å². The lowest BCUT2D eigenvalue weighted by atomic mass is 10.2. The average Bonchev–Trinajstić information content (AvgIpc) is 3.19. The molecule has 0 atom stereocenters. The molecule has 0 aliphatic heterocycles. The van der Waals surface area contributed by atoms with E-state index in [0.717, 1.165) is 11.1 Å². The average molecular weight is 390 g/mol. The minimum atomic E-state index is -3.67. The normalized spacial score (nSPS) is 11.3. The summed E-state index contributed by atoms with van der Waals surface area (Å²) in [5.41, 5.74) is 3.15. The minimum Gasteiger partial charge on any atom is -0.436 e. The van der Waals surface area contributed by atoms with E-state index in [-0.39, 0.29) is 4.90 Å². The van der Waals surface area contributed by atoms with Crippen LogP contribution in [0.15, 0.2) is 94.4 Å². The van der Waals surface area contributed by atoms with Crippen LogP contribution in [0.25, 0.3) is 22.8 Å².